The predicted molar refractivity (Wildman–Crippen MR) is 71.7 cm³/mol. The number of hydrogen-bond donors (Lipinski definition) is 1. The van der Waals surface area contributed by atoms with E-state index in [1.807, 2.05) is 0 Å². The maximum absolute atomic E-state index is 14.0. The summed E-state index contributed by atoms with van der Waals surface area (Å²) in [7, 11) is 1.33. The Morgan fingerprint density at radius 3 is 2.79 bits per heavy atom. The van der Waals surface area contributed by atoms with Gasteiger partial charge in [0.2, 0.25) is 0 Å². The predicted octanol–water partition coefficient (Wildman–Crippen LogP) is 2.38. The zero-order valence-electron chi connectivity index (χ0n) is 10.0. The molecule has 2 rings (SSSR count). The van der Waals surface area contributed by atoms with E-state index in [9.17, 15) is 14.3 Å². The van der Waals surface area contributed by atoms with Crippen LogP contribution in [0.1, 0.15) is 11.9 Å². The van der Waals surface area contributed by atoms with Crippen molar-refractivity contribution in [3.63, 3.8) is 0 Å². The molecule has 4 nitrogen and oxygen atoms in total. The van der Waals surface area contributed by atoms with Crippen LogP contribution in [0.2, 0.25) is 0 Å². The molecule has 0 bridgehead atoms. The summed E-state index contributed by atoms with van der Waals surface area (Å²) in [6.45, 7) is 0. The lowest BCUT2D eigenvalue weighted by Gasteiger charge is -2.12. The molecule has 0 saturated carbocycles. The lowest BCUT2D eigenvalue weighted by Crippen LogP contribution is -2.19. The summed E-state index contributed by atoms with van der Waals surface area (Å²) in [6, 6.07) is 7.32. The van der Waals surface area contributed by atoms with Crippen molar-refractivity contribution < 1.29 is 14.2 Å². The number of ether oxygens (including phenoxy) is 1. The molecule has 2 aromatic rings. The van der Waals surface area contributed by atoms with Crippen molar-refractivity contribution in [3.05, 3.63) is 62.7 Å². The molecule has 0 saturated heterocycles. The summed E-state index contributed by atoms with van der Waals surface area (Å²) in [5, 5.41) is 9.57. The van der Waals surface area contributed by atoms with Crippen LogP contribution in [0.4, 0.5) is 4.39 Å². The highest BCUT2D eigenvalue weighted by Crippen LogP contribution is 2.21. The first-order valence-corrected chi connectivity index (χ1v) is 6.21. The molecule has 0 fully saturated rings. The second-order valence-corrected chi connectivity index (χ2v) is 4.69. The Bertz CT molecular complexity index is 657. The number of aliphatic hydroxyl groups excluding tert-OH is 1. The molecule has 1 unspecified atom stereocenters. The van der Waals surface area contributed by atoms with Crippen LogP contribution in [0, 0.1) is 5.82 Å². The summed E-state index contributed by atoms with van der Waals surface area (Å²) in [6.07, 6.45) is 0.184. The van der Waals surface area contributed by atoms with Crippen molar-refractivity contribution in [3.8, 4) is 5.69 Å². The van der Waals surface area contributed by atoms with Crippen LogP contribution in [-0.4, -0.2) is 16.8 Å². The molecular weight excluding hydrogens is 317 g/mol. The number of aromatic nitrogens is 1. The maximum Gasteiger partial charge on any atom is 0.255 e. The van der Waals surface area contributed by atoms with Crippen molar-refractivity contribution in [2.45, 2.75) is 6.29 Å². The van der Waals surface area contributed by atoms with Crippen molar-refractivity contribution >= 4 is 15.9 Å². The van der Waals surface area contributed by atoms with Gasteiger partial charge in [-0.1, -0.05) is 6.07 Å². The Morgan fingerprint density at radius 1 is 1.37 bits per heavy atom. The molecule has 1 aromatic heterocycles. The van der Waals surface area contributed by atoms with Crippen molar-refractivity contribution in [1.29, 1.82) is 0 Å². The average molecular weight is 328 g/mol. The molecule has 0 aliphatic rings. The van der Waals surface area contributed by atoms with E-state index in [4.69, 9.17) is 4.74 Å². The van der Waals surface area contributed by atoms with Gasteiger partial charge < -0.3 is 9.84 Å². The zero-order chi connectivity index (χ0) is 14.0. The maximum atomic E-state index is 14.0. The fourth-order valence-electron chi connectivity index (χ4n) is 1.65. The highest BCUT2D eigenvalue weighted by molar-refractivity contribution is 9.10. The SMILES string of the molecule is COC(O)c1ccc(=O)n(-c2cccc(Br)c2F)c1. The molecule has 0 aliphatic heterocycles. The Balaban J connectivity index is 2.61. The first-order chi connectivity index (χ1) is 9.04. The van der Waals surface area contributed by atoms with Crippen molar-refractivity contribution in [2.75, 3.05) is 7.11 Å². The minimum absolute atomic E-state index is 0.101. The van der Waals surface area contributed by atoms with E-state index in [0.717, 1.165) is 4.57 Å². The molecule has 19 heavy (non-hydrogen) atoms. The fourth-order valence-corrected chi connectivity index (χ4v) is 2.01. The topological polar surface area (TPSA) is 51.5 Å². The number of benzene rings is 1. The summed E-state index contributed by atoms with van der Waals surface area (Å²) in [4.78, 5) is 11.8. The highest BCUT2D eigenvalue weighted by atomic mass is 79.9. The van der Waals surface area contributed by atoms with Crippen LogP contribution in [0.15, 0.2) is 45.8 Å². The third kappa shape index (κ3) is 2.75. The lowest BCUT2D eigenvalue weighted by atomic mass is 10.2. The van der Waals surface area contributed by atoms with E-state index in [0.29, 0.717) is 5.56 Å². The molecule has 0 aliphatic carbocycles. The monoisotopic (exact) mass is 327 g/mol. The second-order valence-electron chi connectivity index (χ2n) is 3.83. The van der Waals surface area contributed by atoms with Gasteiger partial charge in [0, 0.05) is 24.9 Å². The van der Waals surface area contributed by atoms with Crippen LogP contribution in [0.3, 0.4) is 0 Å². The quantitative estimate of drug-likeness (QED) is 0.880. The Kier molecular flexibility index (Phi) is 4.14. The van der Waals surface area contributed by atoms with Gasteiger partial charge in [0.15, 0.2) is 12.1 Å². The normalized spacial score (nSPS) is 12.4. The lowest BCUT2D eigenvalue weighted by molar-refractivity contribution is -0.0772. The minimum Gasteiger partial charge on any atom is -0.364 e. The van der Waals surface area contributed by atoms with Gasteiger partial charge in [-0.3, -0.25) is 9.36 Å². The van der Waals surface area contributed by atoms with Crippen LogP contribution >= 0.6 is 15.9 Å². The smallest absolute Gasteiger partial charge is 0.255 e. The first-order valence-electron chi connectivity index (χ1n) is 5.42. The molecular formula is C13H11BrFNO3. The number of rotatable bonds is 3. The molecule has 1 atom stereocenters. The summed E-state index contributed by atoms with van der Waals surface area (Å²) in [5.41, 5.74) is 0.0649. The van der Waals surface area contributed by atoms with E-state index in [1.54, 1.807) is 6.07 Å². The van der Waals surface area contributed by atoms with Crippen molar-refractivity contribution in [1.82, 2.24) is 4.57 Å². The minimum atomic E-state index is -1.16. The van der Waals surface area contributed by atoms with Gasteiger partial charge in [-0.25, -0.2) is 4.39 Å². The molecule has 1 aromatic carbocycles. The molecule has 100 valence electrons. The molecule has 1 heterocycles. The van der Waals surface area contributed by atoms with Gasteiger partial charge >= 0.3 is 0 Å². The number of hydrogen-bond acceptors (Lipinski definition) is 3. The van der Waals surface area contributed by atoms with Crippen LogP contribution in [0.25, 0.3) is 5.69 Å². The molecule has 1 N–H and O–H groups in total. The number of methoxy groups -OCH3 is 1. The van der Waals surface area contributed by atoms with Crippen LogP contribution in [0.5, 0.6) is 0 Å². The number of nitrogens with zero attached hydrogens (tertiary/aromatic N) is 1. The largest absolute Gasteiger partial charge is 0.364 e. The van der Waals surface area contributed by atoms with Gasteiger partial charge in [0.05, 0.1) is 10.2 Å². The number of aliphatic hydroxyl groups is 1. The highest BCUT2D eigenvalue weighted by Gasteiger charge is 2.12. The van der Waals surface area contributed by atoms with Gasteiger partial charge in [-0.2, -0.15) is 0 Å². The average Bonchev–Trinajstić information content (AvgIpc) is 2.42. The standard InChI is InChI=1S/C13H11BrFNO3/c1-19-13(18)8-5-6-11(17)16(7-8)10-4-2-3-9(14)12(10)15/h2-7,13,18H,1H3. The number of halogens is 2. The summed E-state index contributed by atoms with van der Waals surface area (Å²) in [5.74, 6) is -0.548. The Labute approximate surface area is 117 Å². The van der Waals surface area contributed by atoms with Gasteiger partial charge in [0.25, 0.3) is 5.56 Å². The molecule has 6 heteroatoms. The Morgan fingerprint density at radius 2 is 2.11 bits per heavy atom. The van der Waals surface area contributed by atoms with Crippen molar-refractivity contribution in [2.24, 2.45) is 0 Å². The van der Waals surface area contributed by atoms with E-state index in [2.05, 4.69) is 15.9 Å². The molecule has 0 amide bonds. The van der Waals surface area contributed by atoms with Gasteiger partial charge in [-0.05, 0) is 34.1 Å². The summed E-state index contributed by atoms with van der Waals surface area (Å²) < 4.78 is 20.1. The number of pyridine rings is 1. The van der Waals surface area contributed by atoms with Gasteiger partial charge in [-0.15, -0.1) is 0 Å². The van der Waals surface area contributed by atoms with E-state index >= 15 is 0 Å². The van der Waals surface area contributed by atoms with Crippen LogP contribution in [-0.2, 0) is 4.74 Å². The third-order valence-electron chi connectivity index (χ3n) is 2.63. The Hall–Kier alpha value is -1.50. The second kappa shape index (κ2) is 5.64. The van der Waals surface area contributed by atoms with Crippen LogP contribution < -0.4 is 5.56 Å². The first kappa shape index (κ1) is 13.9. The van der Waals surface area contributed by atoms with Gasteiger partial charge in [0.1, 0.15) is 0 Å². The zero-order valence-corrected chi connectivity index (χ0v) is 11.6. The molecule has 0 spiro atoms. The molecule has 0 radical (unpaired) electrons. The van der Waals surface area contributed by atoms with E-state index < -0.39 is 17.7 Å². The van der Waals surface area contributed by atoms with E-state index in [-0.39, 0.29) is 10.2 Å². The fraction of sp³-hybridized carbons (Fsp3) is 0.154. The van der Waals surface area contributed by atoms with E-state index in [1.165, 1.54) is 37.6 Å². The summed E-state index contributed by atoms with van der Waals surface area (Å²) >= 11 is 3.06. The third-order valence-corrected chi connectivity index (χ3v) is 3.25.